The molecule has 6 aliphatic rings. The molecule has 0 radical (unpaired) electrons. The van der Waals surface area contributed by atoms with E-state index in [-0.39, 0.29) is 35.6 Å². The number of fused-ring (bicyclic) bond motifs is 18. The first-order valence-corrected chi connectivity index (χ1v) is 48.1. The van der Waals surface area contributed by atoms with Gasteiger partial charge in [0, 0.05) is 133 Å². The largest absolute Gasteiger partial charge is 0.504 e. The molecule has 10 aromatic carbocycles. The fourth-order valence-corrected chi connectivity index (χ4v) is 17.0. The summed E-state index contributed by atoms with van der Waals surface area (Å²) in [7, 11) is 8.03. The number of ketones is 1. The predicted octanol–water partition coefficient (Wildman–Crippen LogP) is 21.7. The molecular weight excluding hydrogens is 2040 g/mol. The number of Topliss-reactive ketones (excluding diaryl/α,β-unsaturated/α-hetero) is 1. The molecule has 0 saturated heterocycles. The number of nitro groups is 1. The third-order valence-corrected chi connectivity index (χ3v) is 24.0. The number of aromatic nitrogens is 6. The van der Waals surface area contributed by atoms with Crippen molar-refractivity contribution in [2.75, 3.05) is 173 Å². The number of halogens is 7. The van der Waals surface area contributed by atoms with Crippen molar-refractivity contribution in [3.63, 3.8) is 0 Å². The van der Waals surface area contributed by atoms with Crippen LogP contribution in [-0.4, -0.2) is 213 Å². The van der Waals surface area contributed by atoms with E-state index in [4.69, 9.17) is 166 Å². The number of ether oxygens (including phenoxy) is 24. The molecule has 0 unspecified atom stereocenters. The summed E-state index contributed by atoms with van der Waals surface area (Å²) in [5, 5.41) is 26.1. The maximum absolute atomic E-state index is 13.1. The van der Waals surface area contributed by atoms with E-state index in [9.17, 15) is 33.2 Å². The van der Waals surface area contributed by atoms with Gasteiger partial charge in [-0.3, -0.25) is 44.8 Å². The summed E-state index contributed by atoms with van der Waals surface area (Å²) >= 11 is 24.2. The summed E-state index contributed by atoms with van der Waals surface area (Å²) in [5.74, 6) is 12.1. The van der Waals surface area contributed by atoms with Crippen LogP contribution in [-0.2, 0) is 42.8 Å². The van der Waals surface area contributed by atoms with Gasteiger partial charge in [-0.2, -0.15) is 13.2 Å². The van der Waals surface area contributed by atoms with E-state index in [1.54, 1.807) is 164 Å². The van der Waals surface area contributed by atoms with Gasteiger partial charge in [-0.15, -0.1) is 0 Å². The number of nitrogen functional groups attached to an aromatic ring is 1. The number of aromatic hydroxyl groups is 1. The SMILES string of the molecule is COCCOc1cc2nccc(Cl)c2c2c1OCCO2.COCCOc1cc2nccc(Oc3ccc(CC(=O)Cc4ccc(Cl)c(C(F)(F)F)c4)cc3)c2c2c1OCCO2.COCCOc1cc2nccc(Oc3ccc(N)cc3)c2c2c1OCCO2.COCCOc1cc2nccc(Oc3ccc([N+](=O)[O-])cc3)c2c2c1OCCO2.COc1cc2nccc(Cl)c2c2c1OCCO2.Oc1cc2nccc(Cl)c2c2c1OCCO2. The number of non-ortho nitro benzene ring substituents is 1. The number of carbonyl (C=O) groups is 1. The maximum atomic E-state index is 13.1. The zero-order chi connectivity index (χ0) is 105. The van der Waals surface area contributed by atoms with E-state index in [2.05, 4.69) is 29.9 Å². The van der Waals surface area contributed by atoms with E-state index >= 15 is 0 Å². The van der Waals surface area contributed by atoms with Gasteiger partial charge in [-0.1, -0.05) is 64.6 Å². The first-order chi connectivity index (χ1) is 73.0. The van der Waals surface area contributed by atoms with Crippen LogP contribution in [0.25, 0.3) is 65.4 Å². The zero-order valence-electron chi connectivity index (χ0n) is 80.9. The Balaban J connectivity index is 0.000000126. The number of rotatable bonds is 28. The predicted molar refractivity (Wildman–Crippen MR) is 549 cm³/mol. The number of pyridine rings is 6. The van der Waals surface area contributed by atoms with E-state index in [0.29, 0.717) is 334 Å². The van der Waals surface area contributed by atoms with E-state index in [1.165, 1.54) is 36.4 Å². The molecule has 6 aromatic heterocycles. The van der Waals surface area contributed by atoms with Crippen molar-refractivity contribution in [2.45, 2.75) is 19.0 Å². The highest BCUT2D eigenvalue weighted by Crippen LogP contribution is 2.55. The van der Waals surface area contributed by atoms with Gasteiger partial charge in [0.2, 0.25) is 34.5 Å². The number of methoxy groups -OCH3 is 5. The summed E-state index contributed by atoms with van der Waals surface area (Å²) in [6, 6.07) is 44.3. The molecular formula is C107H95Cl4F3N8O28. The molecule has 0 saturated carbocycles. The lowest BCUT2D eigenvalue weighted by molar-refractivity contribution is -0.384. The molecule has 0 aliphatic carbocycles. The molecule has 43 heteroatoms. The Labute approximate surface area is 873 Å². The van der Waals surface area contributed by atoms with Crippen LogP contribution in [0.2, 0.25) is 20.1 Å². The molecule has 0 atom stereocenters. The lowest BCUT2D eigenvalue weighted by atomic mass is 10.0. The Kier molecular flexibility index (Phi) is 35.0. The van der Waals surface area contributed by atoms with Crippen LogP contribution in [0.3, 0.4) is 0 Å². The molecule has 0 fully saturated rings. The van der Waals surface area contributed by atoms with Crippen LogP contribution >= 0.6 is 46.4 Å². The number of anilines is 1. The quantitative estimate of drug-likeness (QED) is 0.0199. The van der Waals surface area contributed by atoms with Gasteiger partial charge in [0.1, 0.15) is 146 Å². The van der Waals surface area contributed by atoms with Crippen molar-refractivity contribution >= 4 is 129 Å². The van der Waals surface area contributed by atoms with Crippen molar-refractivity contribution in [1.29, 1.82) is 0 Å². The third kappa shape index (κ3) is 25.1. The number of benzene rings is 10. The van der Waals surface area contributed by atoms with Crippen LogP contribution in [0.15, 0.2) is 201 Å². The summed E-state index contributed by atoms with van der Waals surface area (Å²) in [5.41, 5.74) is 10.3. The molecule has 3 N–H and O–H groups in total. The Morgan fingerprint density at radius 2 is 0.620 bits per heavy atom. The Hall–Kier alpha value is -15.9. The second-order valence-electron chi connectivity index (χ2n) is 32.6. The van der Waals surface area contributed by atoms with Crippen LogP contribution < -0.4 is 100 Å². The van der Waals surface area contributed by atoms with E-state index in [0.717, 1.165) is 33.8 Å². The van der Waals surface area contributed by atoms with Crippen molar-refractivity contribution in [3.8, 4) is 138 Å². The molecule has 150 heavy (non-hydrogen) atoms. The van der Waals surface area contributed by atoms with Crippen LogP contribution in [0.5, 0.6) is 138 Å². The van der Waals surface area contributed by atoms with Gasteiger partial charge in [0.05, 0.1) is 130 Å². The molecule has 36 nitrogen and oxygen atoms in total. The van der Waals surface area contributed by atoms with Crippen LogP contribution in [0, 0.1) is 10.1 Å². The molecule has 0 spiro atoms. The highest BCUT2D eigenvalue weighted by Gasteiger charge is 2.36. The lowest BCUT2D eigenvalue weighted by Crippen LogP contribution is -2.17. The second kappa shape index (κ2) is 49.7. The third-order valence-electron chi connectivity index (χ3n) is 22.7. The molecule has 16 aromatic rings. The highest BCUT2D eigenvalue weighted by molar-refractivity contribution is 6.37. The maximum Gasteiger partial charge on any atom is 0.417 e. The lowest BCUT2D eigenvalue weighted by Gasteiger charge is -2.23. The Bertz CT molecular complexity index is 7550. The summed E-state index contributed by atoms with van der Waals surface area (Å²) in [6.07, 6.45) is 5.10. The van der Waals surface area contributed by atoms with Gasteiger partial charge in [-0.25, -0.2) is 0 Å². The van der Waals surface area contributed by atoms with Crippen LogP contribution in [0.1, 0.15) is 16.7 Å². The van der Waals surface area contributed by atoms with E-state index in [1.807, 2.05) is 24.3 Å². The highest BCUT2D eigenvalue weighted by atomic mass is 35.5. The average molecular weight is 2140 g/mol. The van der Waals surface area contributed by atoms with Crippen LogP contribution in [0.4, 0.5) is 24.5 Å². The van der Waals surface area contributed by atoms with Gasteiger partial charge < -0.3 is 125 Å². The summed E-state index contributed by atoms with van der Waals surface area (Å²) in [6.45, 7) is 8.58. The number of nitro benzene ring substituents is 1. The smallest absolute Gasteiger partial charge is 0.417 e. The summed E-state index contributed by atoms with van der Waals surface area (Å²) in [4.78, 5) is 49.0. The number of nitrogens with two attached hydrogens (primary N) is 1. The first-order valence-electron chi connectivity index (χ1n) is 46.6. The molecule has 22 rings (SSSR count). The number of hydrogen-bond acceptors (Lipinski definition) is 35. The molecule has 6 aliphatic heterocycles. The zero-order valence-corrected chi connectivity index (χ0v) is 84.0. The number of phenols is 1. The minimum atomic E-state index is -4.59. The van der Waals surface area contributed by atoms with Crippen molar-refractivity contribution in [3.05, 3.63) is 248 Å². The number of nitrogens with zero attached hydrogens (tertiary/aromatic N) is 7. The number of carbonyl (C=O) groups excluding carboxylic acids is 1. The minimum Gasteiger partial charge on any atom is -0.504 e. The van der Waals surface area contributed by atoms with Crippen molar-refractivity contribution in [2.24, 2.45) is 0 Å². The molecule has 0 bridgehead atoms. The molecule has 0 amide bonds. The van der Waals surface area contributed by atoms with Gasteiger partial charge in [0.15, 0.2) is 69.0 Å². The Morgan fingerprint density at radius 1 is 0.340 bits per heavy atom. The average Bonchev–Trinajstić information content (AvgIpc) is 0.806. The number of hydrogen-bond donors (Lipinski definition) is 2. The second-order valence-corrected chi connectivity index (χ2v) is 34.2. The van der Waals surface area contributed by atoms with Gasteiger partial charge in [-0.05, 0) is 108 Å². The van der Waals surface area contributed by atoms with Crippen molar-refractivity contribution < 1.29 is 142 Å². The standard InChI is InChI=1S/C30H25ClF3NO6.C20H18N2O7.C20H20N2O5.C14H14ClNO4.C12H10ClNO3.C11H8ClNO3/c1-37-10-11-38-26-17-24-27(29-28(26)39-12-13-40-29)25(8-9-35-24)41-21-5-2-18(3-6-21)14-20(36)15-19-4-7-23(31)22(16-19)30(32,33)34;1-25-8-9-26-17-12-15-18(20-19(17)27-10-11-28-20)16(6-7-21-15)29-14-4-2-13(3-5-14)22(23)24;1-23-8-9-24-17-12-15-18(20-19(17)25-10-11-26-20)16(6-7-22-15)27-14-4-2-13(21)3-5-14;1-17-4-5-18-11-8-10-12(9(15)2-3-16-10)14-13(11)19-6-7-20-14;1-15-9-6-8-10(7(13)2-3-14-8)12-11(9)16-4-5-17-12;12-6-1-2-13-7-5-8(14)10-11(9(6)7)16-4-3-15-10/h2-9,16-17H,10-15H2,1H3;2-7,12H,8-11H2,1H3;2-7,12H,8-11,21H2,1H3;2-3,8H,4-7H2,1H3;2-3,6H,4-5H2,1H3;1-2,5,14H,3-4H2. The number of phenolic OH excluding ortho intramolecular Hbond substituents is 1. The van der Waals surface area contributed by atoms with Gasteiger partial charge in [0.25, 0.3) is 5.69 Å². The molecule has 12 heterocycles. The fourth-order valence-electron chi connectivity index (χ4n) is 16.0. The van der Waals surface area contributed by atoms with E-state index < -0.39 is 21.7 Å². The first kappa shape index (κ1) is 105. The van der Waals surface area contributed by atoms with Gasteiger partial charge >= 0.3 is 6.18 Å². The Morgan fingerprint density at radius 3 is 0.960 bits per heavy atom. The fraction of sp³-hybridized carbons (Fsp3) is 0.262. The monoisotopic (exact) mass is 2140 g/mol. The summed E-state index contributed by atoms with van der Waals surface area (Å²) < 4.78 is 175. The molecule has 780 valence electrons. The minimum absolute atomic E-state index is 0.0103. The van der Waals surface area contributed by atoms with Crippen molar-refractivity contribution in [1.82, 2.24) is 29.9 Å². The topological polar surface area (TPSA) is 405 Å². The number of alkyl halides is 3. The normalized spacial score (nSPS) is 13.1.